The highest BCUT2D eigenvalue weighted by molar-refractivity contribution is 7.92. The normalized spacial score (nSPS) is 14.3. The Morgan fingerprint density at radius 1 is 0.714 bits per heavy atom. The van der Waals surface area contributed by atoms with Crippen molar-refractivity contribution in [3.63, 3.8) is 0 Å². The molecule has 0 heterocycles. The molecule has 0 radical (unpaired) electrons. The van der Waals surface area contributed by atoms with Gasteiger partial charge in [0.05, 0.1) is 0 Å². The summed E-state index contributed by atoms with van der Waals surface area (Å²) in [5.74, 6) is -8.83. The van der Waals surface area contributed by atoms with Crippen molar-refractivity contribution in [2.24, 2.45) is 0 Å². The minimum atomic E-state index is -6.34. The molecule has 0 aromatic heterocycles. The Morgan fingerprint density at radius 3 is 1.43 bits per heavy atom. The van der Waals surface area contributed by atoms with Crippen molar-refractivity contribution < 1.29 is 43.6 Å². The monoisotopic (exact) mass is 550 g/mol. The number of hydrogen-bond acceptors (Lipinski definition) is 5. The molecule has 35 heavy (non-hydrogen) atoms. The van der Waals surface area contributed by atoms with Gasteiger partial charge in [0, 0.05) is 29.7 Å². The molecule has 1 aromatic rings. The maximum Gasteiger partial charge on any atom is 0.461 e. The van der Waals surface area contributed by atoms with Gasteiger partial charge in [-0.1, -0.05) is 6.07 Å². The zero-order valence-corrected chi connectivity index (χ0v) is 22.3. The van der Waals surface area contributed by atoms with E-state index in [9.17, 15) is 43.6 Å². The van der Waals surface area contributed by atoms with E-state index in [1.54, 1.807) is 0 Å². The maximum absolute atomic E-state index is 14.1. The van der Waals surface area contributed by atoms with Crippen LogP contribution < -0.4 is 0 Å². The maximum atomic E-state index is 14.1. The van der Waals surface area contributed by atoms with Gasteiger partial charge < -0.3 is 0 Å². The summed E-state index contributed by atoms with van der Waals surface area (Å²) in [6.07, 6.45) is -6.34. The fourth-order valence-corrected chi connectivity index (χ4v) is 8.63. The Bertz CT molecular complexity index is 1130. The first kappa shape index (κ1) is 31.4. The van der Waals surface area contributed by atoms with E-state index in [0.29, 0.717) is 6.07 Å². The molecular weight excluding hydrogens is 519 g/mol. The van der Waals surface area contributed by atoms with Crippen LogP contribution in [-0.2, 0) is 20.0 Å². The Morgan fingerprint density at radius 2 is 1.09 bits per heavy atom. The molecule has 0 aliphatic carbocycles. The SMILES string of the molecule is CC(C)N(C(C)C)S(=O)(=O)c1cccc(C(=O)C(F)(F)C(F)(F)F)c1S(=O)(=O)N(C(C)C)C(C)C. The molecule has 0 bridgehead atoms. The first-order valence-corrected chi connectivity index (χ1v) is 13.6. The number of ketones is 1. The van der Waals surface area contributed by atoms with Gasteiger partial charge in [-0.3, -0.25) is 4.79 Å². The van der Waals surface area contributed by atoms with Crippen molar-refractivity contribution in [2.45, 2.75) is 101 Å². The highest BCUT2D eigenvalue weighted by Gasteiger charge is 2.64. The number of nitrogens with zero attached hydrogens (tertiary/aromatic N) is 2. The topological polar surface area (TPSA) is 91.8 Å². The van der Waals surface area contributed by atoms with Crippen molar-refractivity contribution in [1.29, 1.82) is 0 Å². The van der Waals surface area contributed by atoms with Crippen LogP contribution >= 0.6 is 0 Å². The third kappa shape index (κ3) is 5.86. The van der Waals surface area contributed by atoms with Gasteiger partial charge in [0.15, 0.2) is 0 Å². The van der Waals surface area contributed by atoms with Gasteiger partial charge in [0.1, 0.15) is 9.79 Å². The van der Waals surface area contributed by atoms with E-state index in [2.05, 4.69) is 0 Å². The quantitative estimate of drug-likeness (QED) is 0.312. The third-order valence-electron chi connectivity index (χ3n) is 4.99. The van der Waals surface area contributed by atoms with Gasteiger partial charge in [-0.15, -0.1) is 0 Å². The van der Waals surface area contributed by atoms with Crippen molar-refractivity contribution in [3.8, 4) is 0 Å². The van der Waals surface area contributed by atoms with Crippen LogP contribution in [0.1, 0.15) is 65.7 Å². The molecule has 0 unspecified atom stereocenters. The number of halogens is 5. The van der Waals surface area contributed by atoms with Crippen LogP contribution in [0.3, 0.4) is 0 Å². The van der Waals surface area contributed by atoms with Crippen molar-refractivity contribution in [2.75, 3.05) is 0 Å². The number of carbonyl (C=O) groups excluding carboxylic acids is 1. The number of benzene rings is 1. The van der Waals surface area contributed by atoms with Crippen molar-refractivity contribution in [3.05, 3.63) is 23.8 Å². The Hall–Kier alpha value is -1.64. The summed E-state index contributed by atoms with van der Waals surface area (Å²) in [5, 5.41) is 0. The summed E-state index contributed by atoms with van der Waals surface area (Å²) in [5.41, 5.74) is -1.56. The molecule has 0 fully saturated rings. The fourth-order valence-electron chi connectivity index (χ4n) is 3.98. The second kappa shape index (κ2) is 10.4. The van der Waals surface area contributed by atoms with Crippen LogP contribution in [0, 0.1) is 0 Å². The molecular formula is C21H31F5N2O5S2. The molecule has 202 valence electrons. The third-order valence-corrected chi connectivity index (χ3v) is 9.77. The zero-order valence-electron chi connectivity index (χ0n) is 20.7. The second-order valence-corrected chi connectivity index (χ2v) is 12.7. The van der Waals surface area contributed by atoms with Gasteiger partial charge in [-0.25, -0.2) is 16.8 Å². The van der Waals surface area contributed by atoms with Crippen LogP contribution in [0.5, 0.6) is 0 Å². The number of sulfonamides is 2. The van der Waals surface area contributed by atoms with Gasteiger partial charge in [-0.2, -0.15) is 30.6 Å². The van der Waals surface area contributed by atoms with Crippen molar-refractivity contribution >= 4 is 25.8 Å². The molecule has 0 saturated heterocycles. The lowest BCUT2D eigenvalue weighted by Crippen LogP contribution is -2.47. The molecule has 1 rings (SSSR count). The molecule has 14 heteroatoms. The molecule has 7 nitrogen and oxygen atoms in total. The predicted molar refractivity (Wildman–Crippen MR) is 120 cm³/mol. The lowest BCUT2D eigenvalue weighted by atomic mass is 10.1. The van der Waals surface area contributed by atoms with E-state index in [4.69, 9.17) is 0 Å². The Kier molecular flexibility index (Phi) is 9.31. The second-order valence-electron chi connectivity index (χ2n) is 9.08. The highest BCUT2D eigenvalue weighted by Crippen LogP contribution is 2.41. The minimum Gasteiger partial charge on any atom is -0.287 e. The summed E-state index contributed by atoms with van der Waals surface area (Å²) in [6.45, 7) is 11.6. The summed E-state index contributed by atoms with van der Waals surface area (Å²) in [6, 6.07) is -1.18. The standard InChI is InChI=1S/C21H31F5N2O5S2/c1-12(2)27(13(3)4)34(30,31)17-11-9-10-16(19(29)20(22,23)21(24,25)26)18(17)35(32,33)28(14(5)6)15(7)8/h9-15H,1-8H3. The fraction of sp³-hybridized carbons (Fsp3) is 0.667. The first-order valence-electron chi connectivity index (χ1n) is 10.7. The minimum absolute atomic E-state index is 0.460. The van der Waals surface area contributed by atoms with Gasteiger partial charge in [-0.05, 0) is 67.5 Å². The predicted octanol–water partition coefficient (Wildman–Crippen LogP) is 4.68. The van der Waals surface area contributed by atoms with E-state index < -0.39 is 77.5 Å². The smallest absolute Gasteiger partial charge is 0.287 e. The molecule has 0 aliphatic rings. The number of hydrogen-bond donors (Lipinski definition) is 0. The average molecular weight is 551 g/mol. The summed E-state index contributed by atoms with van der Waals surface area (Å²) in [4.78, 5) is 10.0. The van der Waals surface area contributed by atoms with E-state index in [1.165, 1.54) is 55.4 Å². The van der Waals surface area contributed by atoms with Crippen LogP contribution in [0.15, 0.2) is 28.0 Å². The molecule has 0 N–H and O–H groups in total. The Labute approximate surface area is 203 Å². The van der Waals surface area contributed by atoms with Crippen LogP contribution in [0.4, 0.5) is 22.0 Å². The number of alkyl halides is 5. The van der Waals surface area contributed by atoms with Crippen LogP contribution in [0.25, 0.3) is 0 Å². The zero-order chi connectivity index (χ0) is 27.9. The van der Waals surface area contributed by atoms with E-state index in [1.807, 2.05) is 0 Å². The average Bonchev–Trinajstić information content (AvgIpc) is 2.63. The number of carbonyl (C=O) groups is 1. The largest absolute Gasteiger partial charge is 0.461 e. The van der Waals surface area contributed by atoms with E-state index in [-0.39, 0.29) is 0 Å². The van der Waals surface area contributed by atoms with E-state index >= 15 is 0 Å². The lowest BCUT2D eigenvalue weighted by Gasteiger charge is -2.33. The summed E-state index contributed by atoms with van der Waals surface area (Å²) < 4.78 is 124. The highest BCUT2D eigenvalue weighted by atomic mass is 32.2. The molecule has 0 aliphatic heterocycles. The lowest BCUT2D eigenvalue weighted by molar-refractivity contribution is -0.255. The molecule has 0 amide bonds. The Balaban J connectivity index is 4.29. The molecule has 1 aromatic carbocycles. The molecule has 0 spiro atoms. The van der Waals surface area contributed by atoms with Gasteiger partial charge >= 0.3 is 12.1 Å². The number of rotatable bonds is 10. The first-order chi connectivity index (χ1) is 15.5. The molecule has 0 atom stereocenters. The van der Waals surface area contributed by atoms with Gasteiger partial charge in [0.25, 0.3) is 0 Å². The van der Waals surface area contributed by atoms with Gasteiger partial charge in [0.2, 0.25) is 25.8 Å². The summed E-state index contributed by atoms with van der Waals surface area (Å²) in [7, 11) is -9.86. The summed E-state index contributed by atoms with van der Waals surface area (Å²) >= 11 is 0. The van der Waals surface area contributed by atoms with Crippen molar-refractivity contribution in [1.82, 2.24) is 8.61 Å². The number of Topliss-reactive ketones (excluding diaryl/α,β-unsaturated/α-hetero) is 1. The van der Waals surface area contributed by atoms with Crippen LogP contribution in [-0.4, -0.2) is 67.5 Å². The van der Waals surface area contributed by atoms with Crippen LogP contribution in [0.2, 0.25) is 0 Å². The molecule has 0 saturated carbocycles. The van der Waals surface area contributed by atoms with E-state index in [0.717, 1.165) is 20.7 Å².